The fraction of sp³-hybridized carbons (Fsp3) is 0.100. The number of aromatic amines is 1. The number of aromatic nitrogens is 2. The monoisotopic (exact) mass is 330 g/mol. The Morgan fingerprint density at radius 3 is 2.83 bits per heavy atom. The summed E-state index contributed by atoms with van der Waals surface area (Å²) in [5.41, 5.74) is 6.02. The number of benzene rings is 1. The number of imidazole rings is 1. The molecule has 0 saturated heterocycles. The van der Waals surface area contributed by atoms with Crippen LogP contribution < -0.4 is 10.5 Å². The van der Waals surface area contributed by atoms with Crippen LogP contribution in [0.25, 0.3) is 0 Å². The smallest absolute Gasteiger partial charge is 0.241 e. The molecular weight excluding hydrogens is 320 g/mol. The van der Waals surface area contributed by atoms with Crippen molar-refractivity contribution in [1.82, 2.24) is 14.7 Å². The Bertz CT molecular complexity index is 640. The normalized spacial score (nSPS) is 11.6. The molecule has 1 heterocycles. The van der Waals surface area contributed by atoms with Gasteiger partial charge < -0.3 is 10.7 Å². The van der Waals surface area contributed by atoms with Crippen molar-refractivity contribution in [3.63, 3.8) is 0 Å². The molecule has 0 saturated carbocycles. The van der Waals surface area contributed by atoms with Crippen LogP contribution >= 0.6 is 15.9 Å². The van der Waals surface area contributed by atoms with Crippen molar-refractivity contribution in [3.8, 4) is 0 Å². The highest BCUT2D eigenvalue weighted by Crippen LogP contribution is 2.22. The molecule has 0 radical (unpaired) electrons. The summed E-state index contributed by atoms with van der Waals surface area (Å²) in [6.45, 7) is 0.102. The second kappa shape index (κ2) is 5.09. The van der Waals surface area contributed by atoms with Crippen LogP contribution in [0.5, 0.6) is 0 Å². The maximum Gasteiger partial charge on any atom is 0.241 e. The van der Waals surface area contributed by atoms with Crippen molar-refractivity contribution < 1.29 is 8.42 Å². The highest BCUT2D eigenvalue weighted by Gasteiger charge is 2.15. The highest BCUT2D eigenvalue weighted by atomic mass is 79.9. The van der Waals surface area contributed by atoms with Gasteiger partial charge in [-0.3, -0.25) is 0 Å². The van der Waals surface area contributed by atoms with Gasteiger partial charge in [0.1, 0.15) is 5.82 Å². The zero-order valence-corrected chi connectivity index (χ0v) is 11.6. The summed E-state index contributed by atoms with van der Waals surface area (Å²) in [5.74, 6) is 0.545. The second-order valence-corrected chi connectivity index (χ2v) is 6.17. The van der Waals surface area contributed by atoms with Crippen molar-refractivity contribution in [2.45, 2.75) is 11.4 Å². The van der Waals surface area contributed by atoms with E-state index in [1.54, 1.807) is 18.5 Å². The van der Waals surface area contributed by atoms with E-state index >= 15 is 0 Å². The Morgan fingerprint density at radius 2 is 2.22 bits per heavy atom. The fourth-order valence-electron chi connectivity index (χ4n) is 1.33. The molecule has 1 aromatic carbocycles. The number of nitrogen functional groups attached to an aromatic ring is 1. The number of H-pyrrole nitrogens is 1. The average Bonchev–Trinajstić information content (AvgIpc) is 2.83. The molecule has 0 amide bonds. The third-order valence-electron chi connectivity index (χ3n) is 2.26. The molecule has 1 aromatic heterocycles. The highest BCUT2D eigenvalue weighted by molar-refractivity contribution is 9.10. The molecule has 0 fully saturated rings. The van der Waals surface area contributed by atoms with E-state index in [1.165, 1.54) is 12.1 Å². The lowest BCUT2D eigenvalue weighted by Crippen LogP contribution is -2.23. The number of sulfonamides is 1. The molecular formula is C10H11BrN4O2S. The van der Waals surface area contributed by atoms with Gasteiger partial charge in [0, 0.05) is 22.6 Å². The molecule has 8 heteroatoms. The van der Waals surface area contributed by atoms with Gasteiger partial charge in [-0.2, -0.15) is 0 Å². The Labute approximate surface area is 113 Å². The third-order valence-corrected chi connectivity index (χ3v) is 4.38. The van der Waals surface area contributed by atoms with E-state index in [-0.39, 0.29) is 11.4 Å². The van der Waals surface area contributed by atoms with E-state index < -0.39 is 10.0 Å². The van der Waals surface area contributed by atoms with Crippen LogP contribution in [-0.4, -0.2) is 18.4 Å². The van der Waals surface area contributed by atoms with E-state index in [9.17, 15) is 8.42 Å². The minimum absolute atomic E-state index is 0.102. The zero-order chi connectivity index (χ0) is 13.2. The fourth-order valence-corrected chi connectivity index (χ4v) is 2.60. The summed E-state index contributed by atoms with van der Waals surface area (Å²) in [7, 11) is -3.59. The molecule has 0 unspecified atom stereocenters. The van der Waals surface area contributed by atoms with Crippen LogP contribution in [0.15, 0.2) is 40.0 Å². The van der Waals surface area contributed by atoms with Crippen LogP contribution in [0.4, 0.5) is 5.69 Å². The van der Waals surface area contributed by atoms with Gasteiger partial charge in [0.05, 0.1) is 11.4 Å². The molecule has 0 spiro atoms. The maximum absolute atomic E-state index is 12.0. The molecule has 0 bridgehead atoms. The molecule has 18 heavy (non-hydrogen) atoms. The molecule has 0 atom stereocenters. The molecule has 2 aromatic rings. The Kier molecular flexibility index (Phi) is 3.69. The maximum atomic E-state index is 12.0. The van der Waals surface area contributed by atoms with Crippen LogP contribution in [0.1, 0.15) is 5.82 Å². The standard InChI is InChI=1S/C10H11BrN4O2S/c11-8-2-1-7(5-9(8)12)18(16,17)15-6-10-13-3-4-14-10/h1-5,15H,6,12H2,(H,13,14). The van der Waals surface area contributed by atoms with Crippen molar-refractivity contribution in [1.29, 1.82) is 0 Å². The second-order valence-electron chi connectivity index (χ2n) is 3.54. The lowest BCUT2D eigenvalue weighted by Gasteiger charge is -2.07. The van der Waals surface area contributed by atoms with Crippen LogP contribution in [-0.2, 0) is 16.6 Å². The molecule has 6 nitrogen and oxygen atoms in total. The Hall–Kier alpha value is -1.38. The van der Waals surface area contributed by atoms with Gasteiger partial charge >= 0.3 is 0 Å². The molecule has 96 valence electrons. The minimum atomic E-state index is -3.59. The van der Waals surface area contributed by atoms with E-state index in [2.05, 4.69) is 30.6 Å². The number of nitrogens with one attached hydrogen (secondary N) is 2. The minimum Gasteiger partial charge on any atom is -0.398 e. The number of rotatable bonds is 4. The summed E-state index contributed by atoms with van der Waals surface area (Å²) in [6, 6.07) is 4.47. The number of hydrogen-bond donors (Lipinski definition) is 3. The van der Waals surface area contributed by atoms with Crippen molar-refractivity contribution in [2.24, 2.45) is 0 Å². The van der Waals surface area contributed by atoms with Crippen molar-refractivity contribution in [2.75, 3.05) is 5.73 Å². The summed E-state index contributed by atoms with van der Waals surface area (Å²) < 4.78 is 27.0. The molecule has 2 rings (SSSR count). The van der Waals surface area contributed by atoms with E-state index in [1.807, 2.05) is 0 Å². The predicted molar refractivity (Wildman–Crippen MR) is 71.2 cm³/mol. The first-order chi connectivity index (χ1) is 8.49. The summed E-state index contributed by atoms with van der Waals surface area (Å²) in [5, 5.41) is 0. The van der Waals surface area contributed by atoms with E-state index in [0.29, 0.717) is 16.0 Å². The first-order valence-corrected chi connectivity index (χ1v) is 7.29. The average molecular weight is 331 g/mol. The van der Waals surface area contributed by atoms with Gasteiger partial charge in [-0.1, -0.05) is 0 Å². The van der Waals surface area contributed by atoms with Gasteiger partial charge in [0.25, 0.3) is 0 Å². The zero-order valence-electron chi connectivity index (χ0n) is 9.22. The summed E-state index contributed by atoms with van der Waals surface area (Å²) in [4.78, 5) is 6.86. The quantitative estimate of drug-likeness (QED) is 0.734. The van der Waals surface area contributed by atoms with Crippen LogP contribution in [0.2, 0.25) is 0 Å². The summed E-state index contributed by atoms with van der Waals surface area (Å²) >= 11 is 3.21. The first-order valence-electron chi connectivity index (χ1n) is 5.02. The molecule has 0 aliphatic carbocycles. The van der Waals surface area contributed by atoms with Crippen molar-refractivity contribution >= 4 is 31.6 Å². The van der Waals surface area contributed by atoms with Gasteiger partial charge in [0.2, 0.25) is 10.0 Å². The lowest BCUT2D eigenvalue weighted by atomic mass is 10.3. The summed E-state index contributed by atoms with van der Waals surface area (Å²) in [6.07, 6.45) is 3.18. The number of halogens is 1. The number of nitrogens with two attached hydrogens (primary N) is 1. The molecule has 0 aliphatic rings. The Morgan fingerprint density at radius 1 is 1.44 bits per heavy atom. The molecule has 4 N–H and O–H groups in total. The largest absolute Gasteiger partial charge is 0.398 e. The van der Waals surface area contributed by atoms with Gasteiger partial charge in [-0.05, 0) is 34.1 Å². The van der Waals surface area contributed by atoms with Crippen LogP contribution in [0.3, 0.4) is 0 Å². The topological polar surface area (TPSA) is 101 Å². The third kappa shape index (κ3) is 2.89. The van der Waals surface area contributed by atoms with Gasteiger partial charge in [0.15, 0.2) is 0 Å². The van der Waals surface area contributed by atoms with Gasteiger partial charge in [-0.15, -0.1) is 0 Å². The number of anilines is 1. The molecule has 0 aliphatic heterocycles. The Balaban J connectivity index is 2.17. The van der Waals surface area contributed by atoms with E-state index in [4.69, 9.17) is 5.73 Å². The van der Waals surface area contributed by atoms with Crippen molar-refractivity contribution in [3.05, 3.63) is 40.9 Å². The van der Waals surface area contributed by atoms with Crippen LogP contribution in [0, 0.1) is 0 Å². The predicted octanol–water partition coefficient (Wildman–Crippen LogP) is 1.23. The number of hydrogen-bond acceptors (Lipinski definition) is 4. The SMILES string of the molecule is Nc1cc(S(=O)(=O)NCc2ncc[nH]2)ccc1Br. The van der Waals surface area contributed by atoms with Gasteiger partial charge in [-0.25, -0.2) is 18.1 Å². The first kappa shape index (κ1) is 13.1. The van der Waals surface area contributed by atoms with E-state index in [0.717, 1.165) is 0 Å². The lowest BCUT2D eigenvalue weighted by molar-refractivity contribution is 0.579. The number of nitrogens with zero attached hydrogens (tertiary/aromatic N) is 1.